The van der Waals surface area contributed by atoms with Crippen molar-refractivity contribution in [3.63, 3.8) is 0 Å². The Morgan fingerprint density at radius 3 is 2.56 bits per heavy atom. The highest BCUT2D eigenvalue weighted by atomic mass is 16.3. The summed E-state index contributed by atoms with van der Waals surface area (Å²) in [6.07, 6.45) is 1.63. The van der Waals surface area contributed by atoms with Crippen LogP contribution in [0.5, 0.6) is 0 Å². The van der Waals surface area contributed by atoms with Crippen molar-refractivity contribution in [2.24, 2.45) is 5.73 Å². The Morgan fingerprint density at radius 2 is 2.44 bits per heavy atom. The van der Waals surface area contributed by atoms with Gasteiger partial charge in [-0.2, -0.15) is 5.26 Å². The number of hydrogen-bond donors (Lipinski definition) is 3. The van der Waals surface area contributed by atoms with E-state index in [1.165, 1.54) is 0 Å². The molecule has 0 fully saturated rings. The first-order valence-corrected chi connectivity index (χ1v) is 2.34. The molecule has 5 nitrogen and oxygen atoms in total. The van der Waals surface area contributed by atoms with Crippen molar-refractivity contribution < 1.29 is 5.11 Å². The van der Waals surface area contributed by atoms with E-state index in [2.05, 4.69) is 0 Å². The average molecular weight is 128 g/mol. The number of aliphatic hydroxyl groups excluding tert-OH is 1. The fourth-order valence-electron chi connectivity index (χ4n) is 0.324. The molecule has 0 saturated carbocycles. The van der Waals surface area contributed by atoms with Crippen LogP contribution in [0, 0.1) is 16.9 Å². The molecule has 0 amide bonds. The van der Waals surface area contributed by atoms with E-state index in [-0.39, 0.29) is 19.1 Å². The summed E-state index contributed by atoms with van der Waals surface area (Å²) >= 11 is 0. The number of hydrogen-bond acceptors (Lipinski definition) is 3. The van der Waals surface area contributed by atoms with Gasteiger partial charge < -0.3 is 10.8 Å². The Kier molecular flexibility index (Phi) is 3.16. The van der Waals surface area contributed by atoms with Crippen LogP contribution < -0.4 is 5.73 Å². The molecule has 0 aromatic rings. The fourth-order valence-corrected chi connectivity index (χ4v) is 0.324. The van der Waals surface area contributed by atoms with Gasteiger partial charge in [0.2, 0.25) is 5.96 Å². The molecule has 0 aliphatic carbocycles. The second-order valence-corrected chi connectivity index (χ2v) is 1.36. The largest absolute Gasteiger partial charge is 0.394 e. The van der Waals surface area contributed by atoms with Crippen LogP contribution in [-0.4, -0.2) is 29.1 Å². The lowest BCUT2D eigenvalue weighted by molar-refractivity contribution is 0.272. The van der Waals surface area contributed by atoms with E-state index >= 15 is 0 Å². The molecule has 9 heavy (non-hydrogen) atoms. The first kappa shape index (κ1) is 7.72. The molecule has 0 atom stereocenters. The molecule has 0 unspecified atom stereocenters. The number of rotatable bonds is 2. The van der Waals surface area contributed by atoms with Gasteiger partial charge in [-0.3, -0.25) is 5.41 Å². The Morgan fingerprint density at radius 1 is 1.89 bits per heavy atom. The van der Waals surface area contributed by atoms with Crippen LogP contribution in [0.3, 0.4) is 0 Å². The Hall–Kier alpha value is -1.28. The molecule has 0 aliphatic heterocycles. The molecule has 0 rings (SSSR count). The van der Waals surface area contributed by atoms with E-state index in [0.717, 1.165) is 4.90 Å². The summed E-state index contributed by atoms with van der Waals surface area (Å²) in [5, 5.41) is 23.2. The maximum Gasteiger partial charge on any atom is 0.201 e. The van der Waals surface area contributed by atoms with Crippen LogP contribution in [0.25, 0.3) is 0 Å². The lowest BCUT2D eigenvalue weighted by Gasteiger charge is -2.09. The normalized spacial score (nSPS) is 8.00. The fraction of sp³-hybridized carbons (Fsp3) is 0.500. The number of nitriles is 1. The van der Waals surface area contributed by atoms with Crippen molar-refractivity contribution in [1.29, 1.82) is 10.7 Å². The number of nitrogens with zero attached hydrogens (tertiary/aromatic N) is 2. The lowest BCUT2D eigenvalue weighted by Crippen LogP contribution is -2.34. The summed E-state index contributed by atoms with van der Waals surface area (Å²) in [5.74, 6) is -0.341. The molecule has 0 aromatic heterocycles. The monoisotopic (exact) mass is 128 g/mol. The van der Waals surface area contributed by atoms with Crippen molar-refractivity contribution in [3.05, 3.63) is 0 Å². The quantitative estimate of drug-likeness (QED) is 0.185. The first-order valence-electron chi connectivity index (χ1n) is 2.34. The van der Waals surface area contributed by atoms with Gasteiger partial charge >= 0.3 is 0 Å². The first-order chi connectivity index (χ1) is 4.22. The van der Waals surface area contributed by atoms with Crippen LogP contribution in [0.2, 0.25) is 0 Å². The van der Waals surface area contributed by atoms with Gasteiger partial charge in [-0.25, -0.2) is 4.90 Å². The van der Waals surface area contributed by atoms with Gasteiger partial charge in [-0.05, 0) is 0 Å². The van der Waals surface area contributed by atoms with Gasteiger partial charge in [-0.1, -0.05) is 0 Å². The lowest BCUT2D eigenvalue weighted by atomic mass is 10.6. The minimum atomic E-state index is -0.341. The molecule has 0 aromatic carbocycles. The number of nitrogens with two attached hydrogens (primary N) is 1. The van der Waals surface area contributed by atoms with Gasteiger partial charge in [0.1, 0.15) is 0 Å². The van der Waals surface area contributed by atoms with Gasteiger partial charge in [0.05, 0.1) is 13.2 Å². The Labute approximate surface area is 52.8 Å². The second kappa shape index (κ2) is 3.69. The van der Waals surface area contributed by atoms with Crippen molar-refractivity contribution in [3.8, 4) is 6.19 Å². The Balaban J connectivity index is 3.72. The van der Waals surface area contributed by atoms with Crippen LogP contribution >= 0.6 is 0 Å². The maximum absolute atomic E-state index is 8.27. The summed E-state index contributed by atoms with van der Waals surface area (Å²) in [6.45, 7) is -0.0844. The predicted octanol–water partition coefficient (Wildman–Crippen LogP) is -1.34. The van der Waals surface area contributed by atoms with Gasteiger partial charge in [0, 0.05) is 0 Å². The third-order valence-electron chi connectivity index (χ3n) is 0.735. The van der Waals surface area contributed by atoms with Gasteiger partial charge in [-0.15, -0.1) is 0 Å². The standard InChI is InChI=1S/C4H8N4O/c5-3-8(1-2-9)4(6)7/h9H,1-2H2,(H3,6,7). The highest BCUT2D eigenvalue weighted by molar-refractivity contribution is 5.76. The summed E-state index contributed by atoms with van der Waals surface area (Å²) in [5.41, 5.74) is 4.91. The average Bonchev–Trinajstić information content (AvgIpc) is 1.82. The van der Waals surface area contributed by atoms with E-state index < -0.39 is 0 Å². The van der Waals surface area contributed by atoms with E-state index in [4.69, 9.17) is 21.5 Å². The van der Waals surface area contributed by atoms with Crippen molar-refractivity contribution in [2.75, 3.05) is 13.2 Å². The number of guanidine groups is 1. The van der Waals surface area contributed by atoms with Crippen LogP contribution in [0.1, 0.15) is 0 Å². The highest BCUT2D eigenvalue weighted by Crippen LogP contribution is 1.78. The summed E-state index contributed by atoms with van der Waals surface area (Å²) < 4.78 is 0. The maximum atomic E-state index is 8.27. The van der Waals surface area contributed by atoms with E-state index in [9.17, 15) is 0 Å². The second-order valence-electron chi connectivity index (χ2n) is 1.36. The summed E-state index contributed by atoms with van der Waals surface area (Å²) in [4.78, 5) is 0.889. The topological polar surface area (TPSA) is 97.1 Å². The minimum absolute atomic E-state index is 0.0891. The molecule has 4 N–H and O–H groups in total. The SMILES string of the molecule is N#CN(CCO)C(=N)N. The van der Waals surface area contributed by atoms with Crippen LogP contribution in [0.4, 0.5) is 0 Å². The number of nitrogens with one attached hydrogen (secondary N) is 1. The molecular formula is C4H8N4O. The predicted molar refractivity (Wildman–Crippen MR) is 31.3 cm³/mol. The van der Waals surface area contributed by atoms with Crippen molar-refractivity contribution in [2.45, 2.75) is 0 Å². The molecule has 0 aliphatic rings. The molecule has 0 bridgehead atoms. The molecule has 0 heterocycles. The molecule has 0 spiro atoms. The summed E-state index contributed by atoms with van der Waals surface area (Å²) in [7, 11) is 0. The zero-order chi connectivity index (χ0) is 7.28. The highest BCUT2D eigenvalue weighted by Gasteiger charge is 2.00. The molecule has 0 saturated heterocycles. The van der Waals surface area contributed by atoms with Gasteiger partial charge in [0.15, 0.2) is 6.19 Å². The van der Waals surface area contributed by atoms with Gasteiger partial charge in [0.25, 0.3) is 0 Å². The zero-order valence-electron chi connectivity index (χ0n) is 4.83. The minimum Gasteiger partial charge on any atom is -0.394 e. The van der Waals surface area contributed by atoms with E-state index in [1.54, 1.807) is 6.19 Å². The van der Waals surface area contributed by atoms with Crippen LogP contribution in [-0.2, 0) is 0 Å². The molecule has 50 valence electrons. The van der Waals surface area contributed by atoms with Crippen molar-refractivity contribution >= 4 is 5.96 Å². The molecular weight excluding hydrogens is 120 g/mol. The van der Waals surface area contributed by atoms with E-state index in [0.29, 0.717) is 0 Å². The summed E-state index contributed by atoms with van der Waals surface area (Å²) in [6, 6.07) is 0. The third kappa shape index (κ3) is 2.51. The van der Waals surface area contributed by atoms with Crippen LogP contribution in [0.15, 0.2) is 0 Å². The van der Waals surface area contributed by atoms with Crippen molar-refractivity contribution in [1.82, 2.24) is 4.90 Å². The Bertz CT molecular complexity index is 138. The molecule has 5 heteroatoms. The third-order valence-corrected chi connectivity index (χ3v) is 0.735. The zero-order valence-corrected chi connectivity index (χ0v) is 4.83. The van der Waals surface area contributed by atoms with E-state index in [1.807, 2.05) is 0 Å². The number of aliphatic hydroxyl groups is 1. The smallest absolute Gasteiger partial charge is 0.201 e. The molecule has 0 radical (unpaired) electrons.